The second kappa shape index (κ2) is 11.3. The van der Waals surface area contributed by atoms with Crippen LogP contribution in [0, 0.1) is 0 Å². The summed E-state index contributed by atoms with van der Waals surface area (Å²) in [6.07, 6.45) is 1.59. The largest absolute Gasteiger partial charge is 0.497 e. The number of aromatic nitrogens is 1. The van der Waals surface area contributed by atoms with Gasteiger partial charge in [0.05, 0.1) is 43.2 Å². The van der Waals surface area contributed by atoms with Crippen molar-refractivity contribution in [1.82, 2.24) is 4.57 Å². The van der Waals surface area contributed by atoms with E-state index in [4.69, 9.17) is 14.2 Å². The number of hydrogen-bond donors (Lipinski definition) is 1. The van der Waals surface area contributed by atoms with E-state index in [1.165, 1.54) is 15.9 Å². The Hall–Kier alpha value is -4.18. The van der Waals surface area contributed by atoms with Gasteiger partial charge in [0, 0.05) is 11.9 Å². The molecule has 0 unspecified atom stereocenters. The summed E-state index contributed by atoms with van der Waals surface area (Å²) >= 11 is 1.21. The van der Waals surface area contributed by atoms with E-state index in [1.54, 1.807) is 70.5 Å². The number of hydrogen-bond acceptors (Lipinski definition) is 9. The first-order valence-corrected chi connectivity index (χ1v) is 12.5. The normalized spacial score (nSPS) is 15.0. The molecular weight excluding hydrogens is 494 g/mol. The highest BCUT2D eigenvalue weighted by Crippen LogP contribution is 2.31. The van der Waals surface area contributed by atoms with E-state index in [0.717, 1.165) is 5.56 Å². The van der Waals surface area contributed by atoms with Gasteiger partial charge in [-0.3, -0.25) is 9.36 Å². The molecule has 1 atom stereocenters. The Morgan fingerprint density at radius 3 is 2.30 bits per heavy atom. The molecule has 1 N–H and O–H groups in total. The first-order chi connectivity index (χ1) is 17.9. The molecule has 10 heteroatoms. The lowest BCUT2D eigenvalue weighted by molar-refractivity contribution is -0.139. The monoisotopic (exact) mass is 521 g/mol. The number of ether oxygens (including phenoxy) is 3. The Kier molecular flexibility index (Phi) is 7.88. The van der Waals surface area contributed by atoms with Gasteiger partial charge in [0.15, 0.2) is 4.80 Å². The average molecular weight is 522 g/mol. The van der Waals surface area contributed by atoms with Crippen LogP contribution in [0.25, 0.3) is 6.20 Å². The van der Waals surface area contributed by atoms with Crippen molar-refractivity contribution in [3.63, 3.8) is 0 Å². The van der Waals surface area contributed by atoms with E-state index in [1.807, 2.05) is 12.1 Å². The fourth-order valence-corrected chi connectivity index (χ4v) is 4.93. The van der Waals surface area contributed by atoms with E-state index in [0.29, 0.717) is 44.2 Å². The van der Waals surface area contributed by atoms with E-state index < -0.39 is 18.0 Å². The van der Waals surface area contributed by atoms with Crippen LogP contribution in [0.1, 0.15) is 42.7 Å². The Morgan fingerprint density at radius 2 is 1.68 bits per heavy atom. The topological polar surface area (TPSA) is 108 Å². The molecule has 1 aliphatic rings. The predicted octanol–water partition coefficient (Wildman–Crippen LogP) is 3.00. The molecule has 3 aromatic rings. The molecule has 0 saturated heterocycles. The third-order valence-corrected chi connectivity index (χ3v) is 6.70. The Morgan fingerprint density at radius 1 is 1.03 bits per heavy atom. The molecule has 0 amide bonds. The molecule has 0 saturated carbocycles. The highest BCUT2D eigenvalue weighted by Gasteiger charge is 2.33. The molecule has 0 fully saturated rings. The van der Waals surface area contributed by atoms with Crippen molar-refractivity contribution in [3.05, 3.63) is 90.6 Å². The third-order valence-electron chi connectivity index (χ3n) is 5.71. The van der Waals surface area contributed by atoms with Crippen LogP contribution >= 0.6 is 11.3 Å². The van der Waals surface area contributed by atoms with Crippen LogP contribution in [0.2, 0.25) is 0 Å². The van der Waals surface area contributed by atoms with Gasteiger partial charge in [0.25, 0.3) is 5.56 Å². The van der Waals surface area contributed by atoms with Crippen molar-refractivity contribution in [2.75, 3.05) is 25.6 Å². The van der Waals surface area contributed by atoms with Crippen LogP contribution in [0.5, 0.6) is 5.75 Å². The number of anilines is 1. The highest BCUT2D eigenvalue weighted by molar-refractivity contribution is 7.07. The van der Waals surface area contributed by atoms with E-state index >= 15 is 0 Å². The van der Waals surface area contributed by atoms with Gasteiger partial charge < -0.3 is 19.5 Å². The van der Waals surface area contributed by atoms with Gasteiger partial charge >= 0.3 is 11.9 Å². The number of methoxy groups -OCH3 is 1. The van der Waals surface area contributed by atoms with Crippen molar-refractivity contribution >= 4 is 35.2 Å². The maximum Gasteiger partial charge on any atom is 0.338 e. The molecule has 0 spiro atoms. The van der Waals surface area contributed by atoms with Crippen LogP contribution in [-0.4, -0.2) is 36.8 Å². The summed E-state index contributed by atoms with van der Waals surface area (Å²) in [6.45, 7) is 5.72. The predicted molar refractivity (Wildman–Crippen MR) is 140 cm³/mol. The van der Waals surface area contributed by atoms with E-state index in [2.05, 4.69) is 10.3 Å². The molecule has 1 aliphatic heterocycles. The van der Waals surface area contributed by atoms with Gasteiger partial charge in [-0.2, -0.15) is 0 Å². The Bertz CT molecular complexity index is 1520. The number of nitrogens with zero attached hydrogens (tertiary/aromatic N) is 2. The summed E-state index contributed by atoms with van der Waals surface area (Å²) in [5.41, 5.74) is 2.37. The lowest BCUT2D eigenvalue weighted by Gasteiger charge is -2.24. The minimum Gasteiger partial charge on any atom is -0.497 e. The average Bonchev–Trinajstić information content (AvgIpc) is 3.21. The standard InChI is InChI=1S/C27H27N3O6S/c1-5-35-25(32)18-7-11-19(12-8-18)28-15-21-24(31)30-23(17-9-13-20(34-4)14-10-17)22(26(33)36-6-2)16(3)29-27(30)37-21/h7-15,23,28H,5-6H2,1-4H3/b21-15-/t23-/m1/s1. The highest BCUT2D eigenvalue weighted by atomic mass is 32.1. The molecule has 0 aliphatic carbocycles. The minimum atomic E-state index is -0.702. The third kappa shape index (κ3) is 5.34. The fraction of sp³-hybridized carbons (Fsp3) is 0.259. The van der Waals surface area contributed by atoms with Gasteiger partial charge in [-0.1, -0.05) is 23.5 Å². The van der Waals surface area contributed by atoms with E-state index in [-0.39, 0.29) is 12.2 Å². The van der Waals surface area contributed by atoms with Crippen molar-refractivity contribution in [1.29, 1.82) is 0 Å². The van der Waals surface area contributed by atoms with Crippen molar-refractivity contribution in [3.8, 4) is 5.75 Å². The van der Waals surface area contributed by atoms with Gasteiger partial charge in [-0.25, -0.2) is 14.6 Å². The SMILES string of the molecule is CCOC(=O)C1=C(C)N=c2s/c(=C\Nc3ccc(C(=O)OCC)cc3)c(=O)n2[C@@H]1c1ccc(OC)cc1. The fourth-order valence-electron chi connectivity index (χ4n) is 3.96. The molecule has 0 bridgehead atoms. The molecule has 9 nitrogen and oxygen atoms in total. The molecule has 37 heavy (non-hydrogen) atoms. The number of benzene rings is 2. The van der Waals surface area contributed by atoms with Crippen LogP contribution in [0.3, 0.4) is 0 Å². The number of thiazole rings is 1. The summed E-state index contributed by atoms with van der Waals surface area (Å²) < 4.78 is 17.5. The number of carbonyl (C=O) groups is 2. The zero-order valence-corrected chi connectivity index (χ0v) is 21.8. The van der Waals surface area contributed by atoms with Gasteiger partial charge in [0.1, 0.15) is 10.3 Å². The molecule has 0 radical (unpaired) electrons. The second-order valence-electron chi connectivity index (χ2n) is 8.02. The molecule has 2 aromatic carbocycles. The van der Waals surface area contributed by atoms with Gasteiger partial charge in [0.2, 0.25) is 0 Å². The number of esters is 2. The zero-order valence-electron chi connectivity index (χ0n) is 20.9. The Labute approximate surface area is 217 Å². The number of allylic oxidation sites excluding steroid dienone is 1. The molecule has 192 valence electrons. The van der Waals surface area contributed by atoms with Crippen LogP contribution in [0.15, 0.2) is 69.6 Å². The first kappa shape index (κ1) is 25.9. The number of nitrogens with one attached hydrogen (secondary N) is 1. The summed E-state index contributed by atoms with van der Waals surface area (Å²) in [5.74, 6) is -0.250. The first-order valence-electron chi connectivity index (χ1n) is 11.7. The second-order valence-corrected chi connectivity index (χ2v) is 9.03. The molecular formula is C27H27N3O6S. The molecule has 4 rings (SSSR count). The van der Waals surface area contributed by atoms with Crippen molar-refractivity contribution in [2.24, 2.45) is 4.99 Å². The summed E-state index contributed by atoms with van der Waals surface area (Å²) in [7, 11) is 1.57. The lowest BCUT2D eigenvalue weighted by atomic mass is 9.96. The van der Waals surface area contributed by atoms with Crippen LogP contribution in [-0.2, 0) is 14.3 Å². The summed E-state index contributed by atoms with van der Waals surface area (Å²) in [6, 6.07) is 13.3. The van der Waals surface area contributed by atoms with Gasteiger partial charge in [-0.05, 0) is 62.7 Å². The number of rotatable bonds is 8. The minimum absolute atomic E-state index is 0.203. The zero-order chi connectivity index (χ0) is 26.5. The van der Waals surface area contributed by atoms with E-state index in [9.17, 15) is 14.4 Å². The van der Waals surface area contributed by atoms with Crippen LogP contribution < -0.4 is 24.9 Å². The molecule has 2 heterocycles. The van der Waals surface area contributed by atoms with Crippen LogP contribution in [0.4, 0.5) is 5.69 Å². The van der Waals surface area contributed by atoms with Gasteiger partial charge in [-0.15, -0.1) is 0 Å². The maximum absolute atomic E-state index is 13.6. The molecule has 1 aromatic heterocycles. The van der Waals surface area contributed by atoms with Crippen molar-refractivity contribution in [2.45, 2.75) is 26.8 Å². The quantitative estimate of drug-likeness (QED) is 0.454. The van der Waals surface area contributed by atoms with Crippen molar-refractivity contribution < 1.29 is 23.8 Å². The number of carbonyl (C=O) groups excluding carboxylic acids is 2. The number of fused-ring (bicyclic) bond motifs is 1. The maximum atomic E-state index is 13.6. The summed E-state index contributed by atoms with van der Waals surface area (Å²) in [5, 5.41) is 3.10. The Balaban J connectivity index is 1.74. The smallest absolute Gasteiger partial charge is 0.338 e. The lowest BCUT2D eigenvalue weighted by Crippen LogP contribution is -2.40. The summed E-state index contributed by atoms with van der Waals surface area (Å²) in [4.78, 5) is 43.4.